The molecule has 0 radical (unpaired) electrons. The molecule has 0 aromatic heterocycles. The van der Waals surface area contributed by atoms with Crippen LogP contribution in [0.15, 0.2) is 24.3 Å². The third-order valence-electron chi connectivity index (χ3n) is 6.00. The number of hydrogen-bond donors (Lipinski definition) is 2. The molecule has 1 aromatic carbocycles. The van der Waals surface area contributed by atoms with Gasteiger partial charge in [-0.15, -0.1) is 0 Å². The Kier molecular flexibility index (Phi) is 6.89. The van der Waals surface area contributed by atoms with Crippen molar-refractivity contribution < 1.29 is 9.59 Å². The smallest absolute Gasteiger partial charge is 0.242 e. The van der Waals surface area contributed by atoms with Crippen LogP contribution in [0.4, 0.5) is 0 Å². The molecule has 1 heterocycles. The molecule has 3 rings (SSSR count). The van der Waals surface area contributed by atoms with Gasteiger partial charge in [-0.2, -0.15) is 0 Å². The molecular formula is C22H33N3O2. The van der Waals surface area contributed by atoms with Gasteiger partial charge in [0.1, 0.15) is 6.04 Å². The maximum absolute atomic E-state index is 12.2. The molecule has 0 spiro atoms. The third-order valence-corrected chi connectivity index (χ3v) is 6.00. The molecule has 1 atom stereocenters. The third kappa shape index (κ3) is 5.80. The van der Waals surface area contributed by atoms with Gasteiger partial charge in [0.15, 0.2) is 0 Å². The fourth-order valence-electron chi connectivity index (χ4n) is 3.65. The molecule has 5 heteroatoms. The second-order valence-corrected chi connectivity index (χ2v) is 8.35. The zero-order valence-corrected chi connectivity index (χ0v) is 16.7. The Hall–Kier alpha value is -1.88. The number of hydrogen-bond acceptors (Lipinski definition) is 3. The molecule has 1 saturated carbocycles. The number of carbonyl (C=O) groups excluding carboxylic acids is 2. The molecule has 2 N–H and O–H groups in total. The highest BCUT2D eigenvalue weighted by Gasteiger charge is 2.27. The summed E-state index contributed by atoms with van der Waals surface area (Å²) in [5, 5.41) is 5.74. The molecular weight excluding hydrogens is 338 g/mol. The fraction of sp³-hybridized carbons (Fsp3) is 0.636. The van der Waals surface area contributed by atoms with Gasteiger partial charge in [-0.05, 0) is 62.7 Å². The summed E-state index contributed by atoms with van der Waals surface area (Å²) in [6.07, 6.45) is 5.59. The number of nitrogens with zero attached hydrogens (tertiary/aromatic N) is 1. The summed E-state index contributed by atoms with van der Waals surface area (Å²) >= 11 is 0. The van der Waals surface area contributed by atoms with E-state index in [1.165, 1.54) is 31.5 Å². The number of likely N-dealkylation sites (tertiary alicyclic amines) is 1. The van der Waals surface area contributed by atoms with E-state index >= 15 is 0 Å². The van der Waals surface area contributed by atoms with Crippen molar-refractivity contribution in [2.45, 2.75) is 65.1 Å². The number of nitrogens with one attached hydrogen (secondary N) is 2. The quantitative estimate of drug-likeness (QED) is 0.775. The minimum atomic E-state index is -0.487. The van der Waals surface area contributed by atoms with E-state index < -0.39 is 6.04 Å². The summed E-state index contributed by atoms with van der Waals surface area (Å²) in [5.74, 6) is 0.846. The number of piperidine rings is 1. The lowest BCUT2D eigenvalue weighted by molar-refractivity contribution is -0.132. The highest BCUT2D eigenvalue weighted by Crippen LogP contribution is 2.26. The molecule has 2 amide bonds. The van der Waals surface area contributed by atoms with Gasteiger partial charge >= 0.3 is 0 Å². The summed E-state index contributed by atoms with van der Waals surface area (Å²) in [7, 11) is 0. The van der Waals surface area contributed by atoms with Gasteiger partial charge in [0.25, 0.3) is 0 Å². The molecule has 2 fully saturated rings. The Morgan fingerprint density at radius 3 is 2.30 bits per heavy atom. The van der Waals surface area contributed by atoms with Gasteiger partial charge in [-0.25, -0.2) is 0 Å². The predicted molar refractivity (Wildman–Crippen MR) is 107 cm³/mol. The summed E-state index contributed by atoms with van der Waals surface area (Å²) < 4.78 is 0. The second kappa shape index (κ2) is 9.36. The number of amides is 2. The minimum Gasteiger partial charge on any atom is -0.350 e. The van der Waals surface area contributed by atoms with E-state index in [9.17, 15) is 9.59 Å². The normalized spacial score (nSPS) is 19.9. The van der Waals surface area contributed by atoms with Gasteiger partial charge in [-0.1, -0.05) is 37.6 Å². The van der Waals surface area contributed by atoms with E-state index in [-0.39, 0.29) is 17.7 Å². The lowest BCUT2D eigenvalue weighted by Crippen LogP contribution is -2.47. The van der Waals surface area contributed by atoms with Crippen molar-refractivity contribution in [2.24, 2.45) is 11.8 Å². The second-order valence-electron chi connectivity index (χ2n) is 8.35. The van der Waals surface area contributed by atoms with Crippen LogP contribution in [0.3, 0.4) is 0 Å². The first-order valence-electron chi connectivity index (χ1n) is 10.4. The van der Waals surface area contributed by atoms with Crippen LogP contribution < -0.4 is 10.6 Å². The standard InChI is InChI=1S/C22H33N3O2/c1-16-10-12-25(13-11-16)15-19-8-6-18(7-9-19)14-23-21(26)17(2)24-22(27)20-4-3-5-20/h6-9,16-17,20H,3-5,10-15H2,1-2H3,(H,23,26)(H,24,27)/t17-/m1/s1. The van der Waals surface area contributed by atoms with Crippen molar-refractivity contribution >= 4 is 11.8 Å². The van der Waals surface area contributed by atoms with Gasteiger partial charge in [0, 0.05) is 19.0 Å². The monoisotopic (exact) mass is 371 g/mol. The van der Waals surface area contributed by atoms with Crippen LogP contribution in [-0.2, 0) is 22.7 Å². The summed E-state index contributed by atoms with van der Waals surface area (Å²) in [6, 6.07) is 7.99. The average Bonchev–Trinajstić information content (AvgIpc) is 2.61. The van der Waals surface area contributed by atoms with Crippen LogP contribution in [0.5, 0.6) is 0 Å². The Morgan fingerprint density at radius 2 is 1.70 bits per heavy atom. The SMILES string of the molecule is CC1CCN(Cc2ccc(CNC(=O)[C@@H](C)NC(=O)C3CCC3)cc2)CC1. The topological polar surface area (TPSA) is 61.4 Å². The fourth-order valence-corrected chi connectivity index (χ4v) is 3.65. The molecule has 27 heavy (non-hydrogen) atoms. The lowest BCUT2D eigenvalue weighted by Gasteiger charge is -2.30. The van der Waals surface area contributed by atoms with Gasteiger partial charge in [-0.3, -0.25) is 14.5 Å². The van der Waals surface area contributed by atoms with Crippen LogP contribution in [-0.4, -0.2) is 35.8 Å². The van der Waals surface area contributed by atoms with E-state index in [1.54, 1.807) is 6.92 Å². The van der Waals surface area contributed by atoms with E-state index in [4.69, 9.17) is 0 Å². The molecule has 5 nitrogen and oxygen atoms in total. The lowest BCUT2D eigenvalue weighted by atomic mass is 9.84. The van der Waals surface area contributed by atoms with Crippen molar-refractivity contribution in [3.05, 3.63) is 35.4 Å². The van der Waals surface area contributed by atoms with Gasteiger partial charge in [0.05, 0.1) is 0 Å². The number of carbonyl (C=O) groups is 2. The molecule has 1 aromatic rings. The predicted octanol–water partition coefficient (Wildman–Crippen LogP) is 2.84. The van der Waals surface area contributed by atoms with Crippen LogP contribution in [0, 0.1) is 11.8 Å². The molecule has 0 unspecified atom stereocenters. The summed E-state index contributed by atoms with van der Waals surface area (Å²) in [4.78, 5) is 26.7. The van der Waals surface area contributed by atoms with E-state index in [0.717, 1.165) is 37.3 Å². The van der Waals surface area contributed by atoms with Crippen molar-refractivity contribution in [1.29, 1.82) is 0 Å². The zero-order chi connectivity index (χ0) is 19.2. The van der Waals surface area contributed by atoms with Crippen LogP contribution in [0.2, 0.25) is 0 Å². The number of rotatable bonds is 7. The Labute approximate surface area is 162 Å². The first-order chi connectivity index (χ1) is 13.0. The van der Waals surface area contributed by atoms with Crippen molar-refractivity contribution in [3.8, 4) is 0 Å². The molecule has 2 aliphatic rings. The molecule has 1 saturated heterocycles. The Morgan fingerprint density at radius 1 is 1.07 bits per heavy atom. The molecule has 0 bridgehead atoms. The summed E-state index contributed by atoms with van der Waals surface area (Å²) in [5.41, 5.74) is 2.40. The van der Waals surface area contributed by atoms with Crippen LogP contribution >= 0.6 is 0 Å². The summed E-state index contributed by atoms with van der Waals surface area (Å²) in [6.45, 7) is 7.94. The van der Waals surface area contributed by atoms with Gasteiger partial charge in [0.2, 0.25) is 11.8 Å². The van der Waals surface area contributed by atoms with Crippen molar-refractivity contribution in [2.75, 3.05) is 13.1 Å². The number of benzene rings is 1. The van der Waals surface area contributed by atoms with Crippen LogP contribution in [0.1, 0.15) is 57.1 Å². The maximum atomic E-state index is 12.2. The maximum Gasteiger partial charge on any atom is 0.242 e. The molecule has 1 aliphatic heterocycles. The Bertz CT molecular complexity index is 631. The highest BCUT2D eigenvalue weighted by molar-refractivity contribution is 5.88. The van der Waals surface area contributed by atoms with Crippen LogP contribution in [0.25, 0.3) is 0 Å². The highest BCUT2D eigenvalue weighted by atomic mass is 16.2. The van der Waals surface area contributed by atoms with E-state index in [1.807, 2.05) is 0 Å². The largest absolute Gasteiger partial charge is 0.350 e. The molecule has 148 valence electrons. The Balaban J connectivity index is 1.40. The van der Waals surface area contributed by atoms with Crippen molar-refractivity contribution in [3.63, 3.8) is 0 Å². The first-order valence-corrected chi connectivity index (χ1v) is 10.4. The van der Waals surface area contributed by atoms with E-state index in [0.29, 0.717) is 6.54 Å². The van der Waals surface area contributed by atoms with E-state index in [2.05, 4.69) is 46.7 Å². The van der Waals surface area contributed by atoms with Crippen molar-refractivity contribution in [1.82, 2.24) is 15.5 Å². The van der Waals surface area contributed by atoms with Gasteiger partial charge < -0.3 is 10.6 Å². The zero-order valence-electron chi connectivity index (χ0n) is 16.7. The minimum absolute atomic E-state index is 0.0142. The molecule has 1 aliphatic carbocycles. The average molecular weight is 372 g/mol. The first kappa shape index (κ1) is 19.9.